The molecule has 1 heterocycles. The number of nitrogens with zero attached hydrogens (tertiary/aromatic N) is 3. The largest absolute Gasteiger partial charge is 0.396 e. The van der Waals surface area contributed by atoms with Gasteiger partial charge in [0.05, 0.1) is 18.4 Å². The lowest BCUT2D eigenvalue weighted by molar-refractivity contribution is -0.117. The van der Waals surface area contributed by atoms with Crippen molar-refractivity contribution < 1.29 is 9.18 Å². The molecule has 1 amide bonds. The number of carbonyl (C=O) groups is 1. The smallest absolute Gasteiger partial charge is 0.238 e. The molecule has 2 rings (SSSR count). The molecule has 112 valence electrons. The lowest BCUT2D eigenvalue weighted by atomic mass is 10.2. The Hall–Kier alpha value is -2.41. The van der Waals surface area contributed by atoms with E-state index in [9.17, 15) is 9.18 Å². The highest BCUT2D eigenvalue weighted by atomic mass is 19.1. The maximum absolute atomic E-state index is 13.0. The minimum absolute atomic E-state index is 0.0107. The molecule has 0 fully saturated rings. The van der Waals surface area contributed by atoms with Crippen molar-refractivity contribution in [3.8, 4) is 0 Å². The second-order valence-electron chi connectivity index (χ2n) is 4.98. The number of rotatable bonds is 5. The molecule has 0 atom stereocenters. The van der Waals surface area contributed by atoms with Crippen LogP contribution in [0.4, 0.5) is 15.8 Å². The van der Waals surface area contributed by atoms with Crippen LogP contribution in [0.5, 0.6) is 0 Å². The highest BCUT2D eigenvalue weighted by Gasteiger charge is 2.09. The first-order valence-corrected chi connectivity index (χ1v) is 6.45. The third kappa shape index (κ3) is 4.28. The van der Waals surface area contributed by atoms with Gasteiger partial charge in [-0.1, -0.05) is 0 Å². The first-order chi connectivity index (χ1) is 9.94. The van der Waals surface area contributed by atoms with E-state index >= 15 is 0 Å². The molecule has 0 saturated heterocycles. The van der Waals surface area contributed by atoms with Crippen LogP contribution in [-0.4, -0.2) is 34.2 Å². The molecule has 1 aromatic carbocycles. The first-order valence-electron chi connectivity index (χ1n) is 6.45. The summed E-state index contributed by atoms with van der Waals surface area (Å²) >= 11 is 0. The number of aryl methyl sites for hydroxylation is 1. The molecule has 0 saturated carbocycles. The molecule has 0 bridgehead atoms. The van der Waals surface area contributed by atoms with Gasteiger partial charge >= 0.3 is 0 Å². The van der Waals surface area contributed by atoms with Crippen LogP contribution < -0.4 is 11.1 Å². The van der Waals surface area contributed by atoms with Gasteiger partial charge in [0.2, 0.25) is 5.91 Å². The Labute approximate surface area is 122 Å². The number of aromatic nitrogens is 2. The fourth-order valence-corrected chi connectivity index (χ4v) is 1.99. The van der Waals surface area contributed by atoms with Gasteiger partial charge in [-0.15, -0.1) is 0 Å². The summed E-state index contributed by atoms with van der Waals surface area (Å²) < 4.78 is 14.7. The monoisotopic (exact) mass is 291 g/mol. The zero-order valence-corrected chi connectivity index (χ0v) is 12.0. The summed E-state index contributed by atoms with van der Waals surface area (Å²) in [5.74, 6) is -0.686. The van der Waals surface area contributed by atoms with Gasteiger partial charge in [0, 0.05) is 31.0 Å². The molecular formula is C14H18FN5O. The van der Waals surface area contributed by atoms with Crippen LogP contribution in [0, 0.1) is 5.82 Å². The standard InChI is InChI=1S/C14H18FN5O/c1-19(7-10-6-17-20(2)8-10)9-14(21)18-11-3-4-12(15)13(16)5-11/h3-6,8H,7,9,16H2,1-2H3,(H,18,21). The Morgan fingerprint density at radius 2 is 2.29 bits per heavy atom. The normalized spacial score (nSPS) is 10.9. The van der Waals surface area contributed by atoms with E-state index in [-0.39, 0.29) is 18.1 Å². The van der Waals surface area contributed by atoms with Gasteiger partial charge in [-0.2, -0.15) is 5.10 Å². The predicted octanol–water partition coefficient (Wildman–Crippen LogP) is 1.21. The van der Waals surface area contributed by atoms with Crippen LogP contribution in [0.25, 0.3) is 0 Å². The summed E-state index contributed by atoms with van der Waals surface area (Å²) in [4.78, 5) is 13.8. The SMILES string of the molecule is CN(CC(=O)Nc1ccc(F)c(N)c1)Cc1cnn(C)c1. The van der Waals surface area contributed by atoms with Crippen molar-refractivity contribution >= 4 is 17.3 Å². The van der Waals surface area contributed by atoms with Crippen LogP contribution >= 0.6 is 0 Å². The maximum Gasteiger partial charge on any atom is 0.238 e. The number of nitrogens with two attached hydrogens (primary N) is 1. The lowest BCUT2D eigenvalue weighted by Crippen LogP contribution is -2.29. The maximum atomic E-state index is 13.0. The Morgan fingerprint density at radius 1 is 1.52 bits per heavy atom. The fourth-order valence-electron chi connectivity index (χ4n) is 1.99. The molecule has 2 aromatic rings. The highest BCUT2D eigenvalue weighted by molar-refractivity contribution is 5.92. The molecule has 0 unspecified atom stereocenters. The summed E-state index contributed by atoms with van der Waals surface area (Å²) in [6.45, 7) is 0.832. The van der Waals surface area contributed by atoms with E-state index in [0.717, 1.165) is 5.56 Å². The highest BCUT2D eigenvalue weighted by Crippen LogP contribution is 2.16. The van der Waals surface area contributed by atoms with Crippen molar-refractivity contribution in [1.29, 1.82) is 0 Å². The third-order valence-electron chi connectivity index (χ3n) is 2.90. The Bertz CT molecular complexity index is 640. The van der Waals surface area contributed by atoms with Gasteiger partial charge in [0.15, 0.2) is 0 Å². The summed E-state index contributed by atoms with van der Waals surface area (Å²) in [5.41, 5.74) is 6.97. The van der Waals surface area contributed by atoms with E-state index in [1.54, 1.807) is 10.9 Å². The molecular weight excluding hydrogens is 273 g/mol. The number of benzene rings is 1. The van der Waals surface area contributed by atoms with E-state index in [0.29, 0.717) is 12.2 Å². The summed E-state index contributed by atoms with van der Waals surface area (Å²) in [6.07, 6.45) is 3.66. The number of hydrogen-bond acceptors (Lipinski definition) is 4. The zero-order chi connectivity index (χ0) is 15.4. The van der Waals surface area contributed by atoms with Gasteiger partial charge in [0.1, 0.15) is 5.82 Å². The summed E-state index contributed by atoms with van der Waals surface area (Å²) in [7, 11) is 3.68. The second kappa shape index (κ2) is 6.36. The average molecular weight is 291 g/mol. The van der Waals surface area contributed by atoms with Crippen LogP contribution in [-0.2, 0) is 18.4 Å². The number of anilines is 2. The van der Waals surface area contributed by atoms with Crippen molar-refractivity contribution in [1.82, 2.24) is 14.7 Å². The fraction of sp³-hybridized carbons (Fsp3) is 0.286. The molecule has 3 N–H and O–H groups in total. The number of nitrogens with one attached hydrogen (secondary N) is 1. The molecule has 0 spiro atoms. The number of likely N-dealkylation sites (N-methyl/N-ethyl adjacent to an activating group) is 1. The molecule has 0 aliphatic rings. The van der Waals surface area contributed by atoms with E-state index < -0.39 is 5.82 Å². The third-order valence-corrected chi connectivity index (χ3v) is 2.90. The van der Waals surface area contributed by atoms with Gasteiger partial charge in [0.25, 0.3) is 0 Å². The van der Waals surface area contributed by atoms with Crippen LogP contribution in [0.3, 0.4) is 0 Å². The summed E-state index contributed by atoms with van der Waals surface area (Å²) in [6, 6.07) is 4.10. The van der Waals surface area contributed by atoms with Crippen LogP contribution in [0.1, 0.15) is 5.56 Å². The van der Waals surface area contributed by atoms with Gasteiger partial charge in [-0.3, -0.25) is 14.4 Å². The predicted molar refractivity (Wildman–Crippen MR) is 79.0 cm³/mol. The van der Waals surface area contributed by atoms with Crippen molar-refractivity contribution in [3.05, 3.63) is 42.0 Å². The van der Waals surface area contributed by atoms with Crippen molar-refractivity contribution in [3.63, 3.8) is 0 Å². The van der Waals surface area contributed by atoms with E-state index in [2.05, 4.69) is 10.4 Å². The van der Waals surface area contributed by atoms with Crippen molar-refractivity contribution in [2.24, 2.45) is 7.05 Å². The Kier molecular flexibility index (Phi) is 4.54. The molecule has 1 aromatic heterocycles. The molecule has 6 nitrogen and oxygen atoms in total. The second-order valence-corrected chi connectivity index (χ2v) is 4.98. The van der Waals surface area contributed by atoms with Gasteiger partial charge < -0.3 is 11.1 Å². The Balaban J connectivity index is 1.87. The van der Waals surface area contributed by atoms with E-state index in [1.807, 2.05) is 25.2 Å². The molecule has 21 heavy (non-hydrogen) atoms. The lowest BCUT2D eigenvalue weighted by Gasteiger charge is -2.15. The number of amides is 1. The number of carbonyl (C=O) groups excluding carboxylic acids is 1. The number of nitrogen functional groups attached to an aromatic ring is 1. The molecule has 7 heteroatoms. The zero-order valence-electron chi connectivity index (χ0n) is 12.0. The van der Waals surface area contributed by atoms with Crippen LogP contribution in [0.2, 0.25) is 0 Å². The van der Waals surface area contributed by atoms with E-state index in [4.69, 9.17) is 5.73 Å². The van der Waals surface area contributed by atoms with Crippen molar-refractivity contribution in [2.75, 3.05) is 24.6 Å². The quantitative estimate of drug-likeness (QED) is 0.812. The van der Waals surface area contributed by atoms with Crippen molar-refractivity contribution in [2.45, 2.75) is 6.54 Å². The average Bonchev–Trinajstić information content (AvgIpc) is 2.79. The minimum Gasteiger partial charge on any atom is -0.396 e. The topological polar surface area (TPSA) is 76.2 Å². The van der Waals surface area contributed by atoms with Gasteiger partial charge in [-0.05, 0) is 25.2 Å². The number of halogens is 1. The molecule has 0 aliphatic heterocycles. The van der Waals surface area contributed by atoms with Gasteiger partial charge in [-0.25, -0.2) is 4.39 Å². The molecule has 0 aliphatic carbocycles. The molecule has 0 radical (unpaired) electrons. The number of hydrogen-bond donors (Lipinski definition) is 2. The van der Waals surface area contributed by atoms with Crippen LogP contribution in [0.15, 0.2) is 30.6 Å². The summed E-state index contributed by atoms with van der Waals surface area (Å²) in [5, 5.41) is 6.76. The first kappa shape index (κ1) is 15.0. The van der Waals surface area contributed by atoms with E-state index in [1.165, 1.54) is 18.2 Å². The Morgan fingerprint density at radius 3 is 2.90 bits per heavy atom. The minimum atomic E-state index is -0.498.